The van der Waals surface area contributed by atoms with Crippen LogP contribution in [0.5, 0.6) is 0 Å². The molecule has 1 heterocycles. The Balaban J connectivity index is 2.20. The number of hydrogen-bond donors (Lipinski definition) is 2. The van der Waals surface area contributed by atoms with Crippen molar-refractivity contribution in [3.05, 3.63) is 0 Å². The molecule has 0 aromatic rings. The topological polar surface area (TPSA) is 69.6 Å². The van der Waals surface area contributed by atoms with E-state index in [1.54, 1.807) is 16.7 Å². The zero-order valence-corrected chi connectivity index (χ0v) is 9.55. The van der Waals surface area contributed by atoms with Gasteiger partial charge in [-0.1, -0.05) is 0 Å². The van der Waals surface area contributed by atoms with Crippen LogP contribution in [-0.4, -0.2) is 53.1 Å². The van der Waals surface area contributed by atoms with E-state index < -0.39 is 5.97 Å². The number of hydrogen-bond acceptors (Lipinski definition) is 3. The minimum Gasteiger partial charge on any atom is -0.481 e. The second-order valence-corrected chi connectivity index (χ2v) is 4.61. The van der Waals surface area contributed by atoms with Gasteiger partial charge in [-0.3, -0.25) is 4.79 Å². The van der Waals surface area contributed by atoms with Gasteiger partial charge in [0.2, 0.25) is 0 Å². The fourth-order valence-corrected chi connectivity index (χ4v) is 2.16. The summed E-state index contributed by atoms with van der Waals surface area (Å²) in [4.78, 5) is 23.5. The first kappa shape index (κ1) is 12.2. The second-order valence-electron chi connectivity index (χ2n) is 3.47. The van der Waals surface area contributed by atoms with E-state index in [1.165, 1.54) is 0 Å². The molecule has 1 rings (SSSR count). The van der Waals surface area contributed by atoms with Gasteiger partial charge in [0, 0.05) is 24.9 Å². The van der Waals surface area contributed by atoms with Crippen LogP contribution < -0.4 is 5.32 Å². The van der Waals surface area contributed by atoms with Crippen LogP contribution in [0.2, 0.25) is 0 Å². The van der Waals surface area contributed by atoms with Gasteiger partial charge in [0.25, 0.3) is 0 Å². The number of rotatable bonds is 4. The Morgan fingerprint density at radius 2 is 2.33 bits per heavy atom. The van der Waals surface area contributed by atoms with Crippen molar-refractivity contribution in [3.8, 4) is 0 Å². The van der Waals surface area contributed by atoms with E-state index in [-0.39, 0.29) is 19.0 Å². The fraction of sp³-hybridized carbons (Fsp3) is 0.778. The minimum atomic E-state index is -0.890. The van der Waals surface area contributed by atoms with Crippen LogP contribution >= 0.6 is 11.8 Å². The molecule has 0 aliphatic carbocycles. The molecule has 2 amide bonds. The van der Waals surface area contributed by atoms with Crippen LogP contribution in [0, 0.1) is 0 Å². The summed E-state index contributed by atoms with van der Waals surface area (Å²) in [5.74, 6) is -0.890. The van der Waals surface area contributed by atoms with Crippen molar-refractivity contribution in [1.29, 1.82) is 0 Å². The van der Waals surface area contributed by atoms with Crippen LogP contribution in [0.3, 0.4) is 0 Å². The Labute approximate surface area is 93.2 Å². The van der Waals surface area contributed by atoms with Crippen molar-refractivity contribution >= 4 is 23.8 Å². The van der Waals surface area contributed by atoms with Gasteiger partial charge in [0.05, 0.1) is 6.42 Å². The third-order valence-corrected chi connectivity index (χ3v) is 3.43. The van der Waals surface area contributed by atoms with E-state index in [1.807, 2.05) is 6.26 Å². The summed E-state index contributed by atoms with van der Waals surface area (Å²) in [7, 11) is 0. The minimum absolute atomic E-state index is 0.0223. The van der Waals surface area contributed by atoms with E-state index in [0.29, 0.717) is 5.25 Å². The molecule has 6 heteroatoms. The average Bonchev–Trinajstić information content (AvgIpc) is 2.65. The van der Waals surface area contributed by atoms with E-state index in [0.717, 1.165) is 19.5 Å². The molecule has 0 aromatic carbocycles. The Morgan fingerprint density at radius 3 is 2.87 bits per heavy atom. The van der Waals surface area contributed by atoms with E-state index in [4.69, 9.17) is 5.11 Å². The molecular weight excluding hydrogens is 216 g/mol. The summed E-state index contributed by atoms with van der Waals surface area (Å²) >= 11 is 1.77. The number of aliphatic carboxylic acids is 1. The van der Waals surface area contributed by atoms with Crippen LogP contribution in [0.4, 0.5) is 4.79 Å². The van der Waals surface area contributed by atoms with Gasteiger partial charge in [-0.25, -0.2) is 4.79 Å². The van der Waals surface area contributed by atoms with Gasteiger partial charge in [0.15, 0.2) is 0 Å². The zero-order chi connectivity index (χ0) is 11.3. The lowest BCUT2D eigenvalue weighted by molar-refractivity contribution is -0.136. The largest absolute Gasteiger partial charge is 0.481 e. The highest BCUT2D eigenvalue weighted by molar-refractivity contribution is 7.99. The molecule has 0 bridgehead atoms. The SMILES string of the molecule is CSC1CCN(C(=O)NCCC(=O)O)C1. The first-order chi connectivity index (χ1) is 7.13. The van der Waals surface area contributed by atoms with Gasteiger partial charge in [-0.05, 0) is 12.7 Å². The number of carbonyl (C=O) groups is 2. The molecule has 0 saturated carbocycles. The van der Waals surface area contributed by atoms with Gasteiger partial charge in [-0.15, -0.1) is 0 Å². The second kappa shape index (κ2) is 5.85. The molecule has 1 saturated heterocycles. The zero-order valence-electron chi connectivity index (χ0n) is 8.73. The van der Waals surface area contributed by atoms with Crippen molar-refractivity contribution in [2.24, 2.45) is 0 Å². The van der Waals surface area contributed by atoms with E-state index in [9.17, 15) is 9.59 Å². The summed E-state index contributed by atoms with van der Waals surface area (Å²) in [6, 6.07) is -0.146. The molecule has 1 aliphatic heterocycles. The maximum Gasteiger partial charge on any atom is 0.317 e. The Kier molecular flexibility index (Phi) is 4.74. The molecule has 5 nitrogen and oxygen atoms in total. The average molecular weight is 232 g/mol. The van der Waals surface area contributed by atoms with Crippen LogP contribution in [-0.2, 0) is 4.79 Å². The normalized spacial score (nSPS) is 20.3. The van der Waals surface area contributed by atoms with Crippen LogP contribution in [0.1, 0.15) is 12.8 Å². The molecule has 1 atom stereocenters. The highest BCUT2D eigenvalue weighted by atomic mass is 32.2. The van der Waals surface area contributed by atoms with Crippen molar-refractivity contribution in [2.75, 3.05) is 25.9 Å². The molecule has 15 heavy (non-hydrogen) atoms. The predicted octanol–water partition coefficient (Wildman–Crippen LogP) is 0.608. The number of carbonyl (C=O) groups excluding carboxylic acids is 1. The smallest absolute Gasteiger partial charge is 0.317 e. The monoisotopic (exact) mass is 232 g/mol. The van der Waals surface area contributed by atoms with Crippen molar-refractivity contribution < 1.29 is 14.7 Å². The van der Waals surface area contributed by atoms with Crippen molar-refractivity contribution in [1.82, 2.24) is 10.2 Å². The van der Waals surface area contributed by atoms with Gasteiger partial charge in [0.1, 0.15) is 0 Å². The molecule has 0 spiro atoms. The van der Waals surface area contributed by atoms with Crippen LogP contribution in [0.25, 0.3) is 0 Å². The van der Waals surface area contributed by atoms with Crippen molar-refractivity contribution in [3.63, 3.8) is 0 Å². The molecule has 1 unspecified atom stereocenters. The maximum absolute atomic E-state index is 11.5. The quantitative estimate of drug-likeness (QED) is 0.745. The molecular formula is C9H16N2O3S. The summed E-state index contributed by atoms with van der Waals surface area (Å²) in [6.45, 7) is 1.74. The number of urea groups is 1. The lowest BCUT2D eigenvalue weighted by Crippen LogP contribution is -2.39. The molecule has 86 valence electrons. The molecule has 1 fully saturated rings. The third kappa shape index (κ3) is 3.99. The van der Waals surface area contributed by atoms with Crippen molar-refractivity contribution in [2.45, 2.75) is 18.1 Å². The summed E-state index contributed by atoms with van der Waals surface area (Å²) in [5, 5.41) is 11.5. The Morgan fingerprint density at radius 1 is 1.60 bits per heavy atom. The Bertz CT molecular complexity index is 248. The number of carboxylic acids is 1. The number of carboxylic acid groups (broad SMARTS) is 1. The predicted molar refractivity (Wildman–Crippen MR) is 59.1 cm³/mol. The molecule has 1 aliphatic rings. The molecule has 2 N–H and O–H groups in total. The third-order valence-electron chi connectivity index (χ3n) is 2.38. The fourth-order valence-electron chi connectivity index (χ4n) is 1.49. The van der Waals surface area contributed by atoms with Gasteiger partial charge >= 0.3 is 12.0 Å². The maximum atomic E-state index is 11.5. The summed E-state index contributed by atoms with van der Waals surface area (Å²) in [6.07, 6.45) is 3.04. The Hall–Kier alpha value is -0.910. The first-order valence-corrected chi connectivity index (χ1v) is 6.19. The van der Waals surface area contributed by atoms with Gasteiger partial charge in [-0.2, -0.15) is 11.8 Å². The lowest BCUT2D eigenvalue weighted by atomic mass is 10.4. The number of nitrogens with one attached hydrogen (secondary N) is 1. The van der Waals surface area contributed by atoms with Crippen LogP contribution in [0.15, 0.2) is 0 Å². The molecule has 0 radical (unpaired) electrons. The van der Waals surface area contributed by atoms with E-state index in [2.05, 4.69) is 5.32 Å². The highest BCUT2D eigenvalue weighted by Gasteiger charge is 2.25. The standard InChI is InChI=1S/C9H16N2O3S/c1-15-7-3-5-11(6-7)9(14)10-4-2-8(12)13/h7H,2-6H2,1H3,(H,10,14)(H,12,13). The summed E-state index contributed by atoms with van der Waals surface area (Å²) < 4.78 is 0. The number of likely N-dealkylation sites (tertiary alicyclic amines) is 1. The highest BCUT2D eigenvalue weighted by Crippen LogP contribution is 2.19. The number of thioether (sulfide) groups is 1. The molecule has 0 aromatic heterocycles. The first-order valence-electron chi connectivity index (χ1n) is 4.91. The van der Waals surface area contributed by atoms with Gasteiger partial charge < -0.3 is 15.3 Å². The number of amides is 2. The lowest BCUT2D eigenvalue weighted by Gasteiger charge is -2.16. The van der Waals surface area contributed by atoms with E-state index >= 15 is 0 Å². The summed E-state index contributed by atoms with van der Waals surface area (Å²) in [5.41, 5.74) is 0. The number of nitrogens with zero attached hydrogens (tertiary/aromatic N) is 1.